The van der Waals surface area contributed by atoms with Crippen molar-refractivity contribution in [1.82, 2.24) is 19.4 Å². The Labute approximate surface area is 192 Å². The van der Waals surface area contributed by atoms with E-state index in [1.165, 1.54) is 0 Å². The lowest BCUT2D eigenvalue weighted by Crippen LogP contribution is -2.48. The predicted molar refractivity (Wildman–Crippen MR) is 127 cm³/mol. The first-order chi connectivity index (χ1) is 15.3. The van der Waals surface area contributed by atoms with Crippen LogP contribution in [0.4, 0.5) is 0 Å². The first-order valence-corrected chi connectivity index (χ1v) is 12.5. The van der Waals surface area contributed by atoms with Gasteiger partial charge in [0.2, 0.25) is 10.0 Å². The van der Waals surface area contributed by atoms with Crippen molar-refractivity contribution in [2.24, 2.45) is 0 Å². The highest BCUT2D eigenvalue weighted by Crippen LogP contribution is 2.19. The van der Waals surface area contributed by atoms with Gasteiger partial charge in [0.05, 0.1) is 4.90 Å². The van der Waals surface area contributed by atoms with Gasteiger partial charge in [-0.2, -0.15) is 4.31 Å². The molecule has 1 amide bonds. The molecule has 0 spiro atoms. The minimum atomic E-state index is -3.46. The van der Waals surface area contributed by atoms with E-state index in [4.69, 9.17) is 0 Å². The van der Waals surface area contributed by atoms with Crippen LogP contribution in [-0.2, 0) is 16.6 Å². The summed E-state index contributed by atoms with van der Waals surface area (Å²) in [5.41, 5.74) is 2.76. The Morgan fingerprint density at radius 2 is 1.72 bits per heavy atom. The summed E-state index contributed by atoms with van der Waals surface area (Å²) in [7, 11) is 0.575. The molecule has 1 heterocycles. The van der Waals surface area contributed by atoms with E-state index in [1.54, 1.807) is 16.4 Å². The van der Waals surface area contributed by atoms with Crippen molar-refractivity contribution < 1.29 is 13.2 Å². The molecule has 2 aromatic carbocycles. The molecule has 32 heavy (non-hydrogen) atoms. The highest BCUT2D eigenvalue weighted by atomic mass is 32.2. The Kier molecular flexibility index (Phi) is 8.42. The van der Waals surface area contributed by atoms with Crippen molar-refractivity contribution in [3.05, 3.63) is 65.2 Å². The SMILES string of the molecule is Cc1ccc(S(=O)(=O)N2CCN(Cc3cccc(C(=O)NCCCN(C)C)c3)CC2)cc1. The molecule has 7 nitrogen and oxygen atoms in total. The number of aryl methyl sites for hydroxylation is 1. The molecule has 8 heteroatoms. The van der Waals surface area contributed by atoms with Crippen LogP contribution >= 0.6 is 0 Å². The Balaban J connectivity index is 1.52. The largest absolute Gasteiger partial charge is 0.352 e. The summed E-state index contributed by atoms with van der Waals surface area (Å²) in [6.07, 6.45) is 0.911. The van der Waals surface area contributed by atoms with Crippen LogP contribution in [0.5, 0.6) is 0 Å². The number of carbonyl (C=O) groups is 1. The van der Waals surface area contributed by atoms with Crippen LogP contribution in [-0.4, -0.2) is 81.8 Å². The molecule has 2 aromatic rings. The molecule has 0 atom stereocenters. The third-order valence-electron chi connectivity index (χ3n) is 5.65. The fraction of sp³-hybridized carbons (Fsp3) is 0.458. The molecular formula is C24H34N4O3S. The fourth-order valence-corrected chi connectivity index (χ4v) is 5.18. The van der Waals surface area contributed by atoms with Crippen molar-refractivity contribution in [2.75, 3.05) is 53.4 Å². The van der Waals surface area contributed by atoms with Crippen LogP contribution < -0.4 is 5.32 Å². The molecule has 0 aromatic heterocycles. The number of amides is 1. The third-order valence-corrected chi connectivity index (χ3v) is 7.57. The van der Waals surface area contributed by atoms with Gasteiger partial charge in [-0.15, -0.1) is 0 Å². The molecule has 1 saturated heterocycles. The zero-order chi connectivity index (χ0) is 23.1. The van der Waals surface area contributed by atoms with E-state index in [0.29, 0.717) is 49.7 Å². The normalized spacial score (nSPS) is 15.8. The predicted octanol–water partition coefficient (Wildman–Crippen LogP) is 2.18. The van der Waals surface area contributed by atoms with Crippen molar-refractivity contribution in [3.8, 4) is 0 Å². The molecule has 0 aliphatic carbocycles. The second-order valence-electron chi connectivity index (χ2n) is 8.61. The second kappa shape index (κ2) is 11.0. The number of hydrogen-bond donors (Lipinski definition) is 1. The topological polar surface area (TPSA) is 73.0 Å². The Morgan fingerprint density at radius 3 is 2.38 bits per heavy atom. The van der Waals surface area contributed by atoms with E-state index in [0.717, 1.165) is 24.1 Å². The monoisotopic (exact) mass is 458 g/mol. The number of rotatable bonds is 9. The first-order valence-electron chi connectivity index (χ1n) is 11.1. The number of carbonyl (C=O) groups excluding carboxylic acids is 1. The van der Waals surface area contributed by atoms with Gasteiger partial charge in [0.25, 0.3) is 5.91 Å². The molecule has 0 bridgehead atoms. The molecule has 1 aliphatic rings. The van der Waals surface area contributed by atoms with Crippen molar-refractivity contribution >= 4 is 15.9 Å². The summed E-state index contributed by atoms with van der Waals surface area (Å²) in [5.74, 6) is -0.0559. The maximum atomic E-state index is 12.9. The lowest BCUT2D eigenvalue weighted by atomic mass is 10.1. The van der Waals surface area contributed by atoms with E-state index in [-0.39, 0.29) is 5.91 Å². The third kappa shape index (κ3) is 6.62. The van der Waals surface area contributed by atoms with Crippen LogP contribution in [0.2, 0.25) is 0 Å². The van der Waals surface area contributed by atoms with Crippen molar-refractivity contribution in [2.45, 2.75) is 24.8 Å². The number of nitrogens with one attached hydrogen (secondary N) is 1. The lowest BCUT2D eigenvalue weighted by molar-refractivity contribution is 0.0952. The van der Waals surface area contributed by atoms with Crippen molar-refractivity contribution in [1.29, 1.82) is 0 Å². The standard InChI is InChI=1S/C24H34N4O3S/c1-20-8-10-23(11-9-20)32(30,31)28-16-14-27(15-17-28)19-21-6-4-7-22(18-21)24(29)25-12-5-13-26(2)3/h4,6-11,18H,5,12-17,19H2,1-3H3,(H,25,29). The molecule has 0 radical (unpaired) electrons. The highest BCUT2D eigenvalue weighted by Gasteiger charge is 2.28. The average Bonchev–Trinajstić information content (AvgIpc) is 2.77. The first kappa shape index (κ1) is 24.4. The maximum absolute atomic E-state index is 12.9. The van der Waals surface area contributed by atoms with Crippen LogP contribution in [0.15, 0.2) is 53.4 Å². The number of nitrogens with zero attached hydrogens (tertiary/aromatic N) is 3. The van der Waals surface area contributed by atoms with E-state index < -0.39 is 10.0 Å². The van der Waals surface area contributed by atoms with Gasteiger partial charge in [-0.25, -0.2) is 8.42 Å². The van der Waals surface area contributed by atoms with E-state index >= 15 is 0 Å². The van der Waals surface area contributed by atoms with E-state index in [9.17, 15) is 13.2 Å². The summed E-state index contributed by atoms with van der Waals surface area (Å²) in [5, 5.41) is 2.97. The molecule has 1 aliphatic heterocycles. The van der Waals surface area contributed by atoms with Gasteiger partial charge >= 0.3 is 0 Å². The van der Waals surface area contributed by atoms with Gasteiger partial charge in [-0.05, 0) is 63.8 Å². The summed E-state index contributed by atoms with van der Waals surface area (Å²) < 4.78 is 27.3. The number of benzene rings is 2. The smallest absolute Gasteiger partial charge is 0.251 e. The van der Waals surface area contributed by atoms with Gasteiger partial charge in [-0.3, -0.25) is 9.69 Å². The van der Waals surface area contributed by atoms with Crippen LogP contribution in [0, 0.1) is 6.92 Å². The summed E-state index contributed by atoms with van der Waals surface area (Å²) in [4.78, 5) is 17.1. The number of piperazine rings is 1. The van der Waals surface area contributed by atoms with Gasteiger partial charge in [0.15, 0.2) is 0 Å². The summed E-state index contributed by atoms with van der Waals surface area (Å²) >= 11 is 0. The minimum Gasteiger partial charge on any atom is -0.352 e. The molecule has 0 saturated carbocycles. The molecule has 1 N–H and O–H groups in total. The quantitative estimate of drug-likeness (QED) is 0.583. The zero-order valence-electron chi connectivity index (χ0n) is 19.3. The second-order valence-corrected chi connectivity index (χ2v) is 10.5. The van der Waals surface area contributed by atoms with Crippen molar-refractivity contribution in [3.63, 3.8) is 0 Å². The van der Waals surface area contributed by atoms with E-state index in [2.05, 4.69) is 15.1 Å². The summed E-state index contributed by atoms with van der Waals surface area (Å²) in [6, 6.07) is 14.7. The lowest BCUT2D eigenvalue weighted by Gasteiger charge is -2.34. The van der Waals surface area contributed by atoms with E-state index in [1.807, 2.05) is 57.4 Å². The zero-order valence-corrected chi connectivity index (χ0v) is 20.1. The summed E-state index contributed by atoms with van der Waals surface area (Å²) in [6.45, 7) is 6.46. The number of hydrogen-bond acceptors (Lipinski definition) is 5. The van der Waals surface area contributed by atoms with Gasteiger partial charge < -0.3 is 10.2 Å². The molecule has 174 valence electrons. The van der Waals surface area contributed by atoms with Gasteiger partial charge in [0, 0.05) is 44.8 Å². The molecule has 3 rings (SSSR count). The Morgan fingerprint density at radius 1 is 1.03 bits per heavy atom. The average molecular weight is 459 g/mol. The van der Waals surface area contributed by atoms with Crippen LogP contribution in [0.3, 0.4) is 0 Å². The Hall–Kier alpha value is -2.26. The molecular weight excluding hydrogens is 424 g/mol. The Bertz CT molecular complexity index is 998. The fourth-order valence-electron chi connectivity index (χ4n) is 3.76. The molecule has 1 fully saturated rings. The number of sulfonamides is 1. The highest BCUT2D eigenvalue weighted by molar-refractivity contribution is 7.89. The van der Waals surface area contributed by atoms with Crippen LogP contribution in [0.1, 0.15) is 27.9 Å². The molecule has 0 unspecified atom stereocenters. The van der Waals surface area contributed by atoms with Gasteiger partial charge in [-0.1, -0.05) is 29.8 Å². The minimum absolute atomic E-state index is 0.0559. The maximum Gasteiger partial charge on any atom is 0.251 e. The van der Waals surface area contributed by atoms with Gasteiger partial charge in [0.1, 0.15) is 0 Å². The van der Waals surface area contributed by atoms with Crippen LogP contribution in [0.25, 0.3) is 0 Å².